The molecule has 7 heteroatoms. The van der Waals surface area contributed by atoms with Crippen LogP contribution in [0.15, 0.2) is 18.2 Å². The molecule has 1 aliphatic carbocycles. The average molecular weight is 283 g/mol. The first-order valence-corrected chi connectivity index (χ1v) is 6.15. The fourth-order valence-electron chi connectivity index (χ4n) is 2.84. The topological polar surface area (TPSA) is 66.8 Å². The van der Waals surface area contributed by atoms with Crippen molar-refractivity contribution in [3.63, 3.8) is 0 Å². The zero-order valence-electron chi connectivity index (χ0n) is 10.3. The predicted molar refractivity (Wildman–Crippen MR) is 62.0 cm³/mol. The van der Waals surface area contributed by atoms with Crippen LogP contribution in [0.25, 0.3) is 0 Å². The minimum atomic E-state index is -1.46. The number of amides is 2. The third-order valence-corrected chi connectivity index (χ3v) is 3.91. The first-order chi connectivity index (χ1) is 9.44. The van der Waals surface area contributed by atoms with Crippen LogP contribution >= 0.6 is 0 Å². The van der Waals surface area contributed by atoms with Crippen molar-refractivity contribution in [2.75, 3.05) is 0 Å². The maximum absolute atomic E-state index is 13.4. The van der Waals surface area contributed by atoms with E-state index in [9.17, 15) is 18.4 Å². The number of hydrogen-bond donors (Lipinski definition) is 1. The largest absolute Gasteiger partial charge is 0.464 e. The predicted octanol–water partition coefficient (Wildman–Crippen LogP) is 3.06. The van der Waals surface area contributed by atoms with E-state index in [1.807, 2.05) is 0 Å². The molecule has 20 heavy (non-hydrogen) atoms. The maximum atomic E-state index is 13.4. The molecule has 3 rings (SSSR count). The van der Waals surface area contributed by atoms with Crippen LogP contribution in [0.1, 0.15) is 30.9 Å². The smallest absolute Gasteiger partial charge is 0.420 e. The van der Waals surface area contributed by atoms with Crippen LogP contribution in [0.3, 0.4) is 0 Å². The highest BCUT2D eigenvalue weighted by Crippen LogP contribution is 2.52. The van der Waals surface area contributed by atoms with Gasteiger partial charge in [-0.2, -0.15) is 0 Å². The molecule has 0 aromatic heterocycles. The van der Waals surface area contributed by atoms with Gasteiger partial charge in [-0.3, -0.25) is 0 Å². The van der Waals surface area contributed by atoms with Crippen molar-refractivity contribution in [3.8, 4) is 0 Å². The molecule has 1 heterocycles. The molecule has 1 unspecified atom stereocenters. The van der Waals surface area contributed by atoms with Gasteiger partial charge in [0.25, 0.3) is 0 Å². The summed E-state index contributed by atoms with van der Waals surface area (Å²) in [6.45, 7) is 0. The SMILES string of the molecule is O=C(O)N1C(=O)OC2(CCC2)C1c1ccc(F)c(F)c1. The summed E-state index contributed by atoms with van der Waals surface area (Å²) in [5.74, 6) is -2.11. The van der Waals surface area contributed by atoms with Crippen molar-refractivity contribution in [2.24, 2.45) is 0 Å². The molecule has 0 radical (unpaired) electrons. The average Bonchev–Trinajstić information content (AvgIpc) is 2.66. The molecule has 1 aromatic rings. The van der Waals surface area contributed by atoms with Gasteiger partial charge in [0.05, 0.1) is 0 Å². The van der Waals surface area contributed by atoms with E-state index in [-0.39, 0.29) is 5.56 Å². The minimum absolute atomic E-state index is 0.219. The Hall–Kier alpha value is -2.18. The zero-order chi connectivity index (χ0) is 14.5. The lowest BCUT2D eigenvalue weighted by Crippen LogP contribution is -2.45. The number of carbonyl (C=O) groups excluding carboxylic acids is 1. The van der Waals surface area contributed by atoms with E-state index in [0.717, 1.165) is 18.6 Å². The Morgan fingerprint density at radius 3 is 2.55 bits per heavy atom. The van der Waals surface area contributed by atoms with Gasteiger partial charge in [0.15, 0.2) is 11.6 Å². The Bertz CT molecular complexity index is 600. The van der Waals surface area contributed by atoms with Crippen molar-refractivity contribution >= 4 is 12.2 Å². The summed E-state index contributed by atoms with van der Waals surface area (Å²) in [6.07, 6.45) is -0.625. The van der Waals surface area contributed by atoms with Crippen LogP contribution in [-0.2, 0) is 4.74 Å². The second-order valence-corrected chi connectivity index (χ2v) is 5.01. The molecule has 5 nitrogen and oxygen atoms in total. The summed E-state index contributed by atoms with van der Waals surface area (Å²) in [4.78, 5) is 23.5. The number of benzene rings is 1. The molecule has 1 spiro atoms. The Balaban J connectivity index is 2.08. The number of rotatable bonds is 1. The minimum Gasteiger partial charge on any atom is -0.464 e. The van der Waals surface area contributed by atoms with E-state index in [2.05, 4.69) is 0 Å². The van der Waals surface area contributed by atoms with Crippen molar-refractivity contribution in [1.29, 1.82) is 0 Å². The molecule has 1 aliphatic heterocycles. The van der Waals surface area contributed by atoms with Crippen molar-refractivity contribution in [3.05, 3.63) is 35.4 Å². The summed E-state index contributed by atoms with van der Waals surface area (Å²) in [5.41, 5.74) is -0.725. The van der Waals surface area contributed by atoms with Gasteiger partial charge in [0.1, 0.15) is 11.6 Å². The van der Waals surface area contributed by atoms with E-state index in [4.69, 9.17) is 9.84 Å². The van der Waals surface area contributed by atoms with Gasteiger partial charge in [-0.25, -0.2) is 23.3 Å². The summed E-state index contributed by atoms with van der Waals surface area (Å²) < 4.78 is 31.6. The molecular weight excluding hydrogens is 272 g/mol. The van der Waals surface area contributed by atoms with Gasteiger partial charge in [-0.15, -0.1) is 0 Å². The van der Waals surface area contributed by atoms with Crippen molar-refractivity contribution < 1.29 is 28.2 Å². The highest BCUT2D eigenvalue weighted by Gasteiger charge is 2.60. The number of imide groups is 1. The number of nitrogens with zero attached hydrogens (tertiary/aromatic N) is 1. The Morgan fingerprint density at radius 1 is 1.35 bits per heavy atom. The fraction of sp³-hybridized carbons (Fsp3) is 0.385. The van der Waals surface area contributed by atoms with Crippen LogP contribution in [0.2, 0.25) is 0 Å². The molecule has 106 valence electrons. The van der Waals surface area contributed by atoms with Crippen molar-refractivity contribution in [1.82, 2.24) is 4.90 Å². The van der Waals surface area contributed by atoms with Gasteiger partial charge in [-0.1, -0.05) is 6.07 Å². The third kappa shape index (κ3) is 1.65. The molecule has 1 saturated carbocycles. The molecule has 1 atom stereocenters. The maximum Gasteiger partial charge on any atom is 0.420 e. The van der Waals surface area contributed by atoms with Crippen LogP contribution in [-0.4, -0.2) is 27.8 Å². The molecule has 2 fully saturated rings. The molecule has 1 saturated heterocycles. The molecule has 0 bridgehead atoms. The summed E-state index contributed by atoms with van der Waals surface area (Å²) in [6, 6.07) is 2.18. The van der Waals surface area contributed by atoms with E-state index in [1.165, 1.54) is 6.07 Å². The van der Waals surface area contributed by atoms with Crippen LogP contribution in [0.4, 0.5) is 18.4 Å². The van der Waals surface area contributed by atoms with Gasteiger partial charge < -0.3 is 9.84 Å². The van der Waals surface area contributed by atoms with Crippen LogP contribution in [0.5, 0.6) is 0 Å². The second-order valence-electron chi connectivity index (χ2n) is 5.01. The van der Waals surface area contributed by atoms with Crippen LogP contribution < -0.4 is 0 Å². The standard InChI is InChI=1S/C13H11F2NO4/c14-8-3-2-7(6-9(8)15)10-13(4-1-5-13)20-12(19)16(10)11(17)18/h2-3,6,10H,1,4-5H2,(H,17,18). The summed E-state index contributed by atoms with van der Waals surface area (Å²) >= 11 is 0. The Labute approximate surface area is 112 Å². The van der Waals surface area contributed by atoms with Gasteiger partial charge in [0, 0.05) is 0 Å². The van der Waals surface area contributed by atoms with E-state index in [1.54, 1.807) is 0 Å². The monoisotopic (exact) mass is 283 g/mol. The van der Waals surface area contributed by atoms with Gasteiger partial charge >= 0.3 is 12.2 Å². The molecule has 2 amide bonds. The van der Waals surface area contributed by atoms with Crippen molar-refractivity contribution in [2.45, 2.75) is 30.9 Å². The van der Waals surface area contributed by atoms with Gasteiger partial charge in [0.2, 0.25) is 0 Å². The fourth-order valence-corrected chi connectivity index (χ4v) is 2.84. The molecule has 1 N–H and O–H groups in total. The lowest BCUT2D eigenvalue weighted by Gasteiger charge is -2.40. The van der Waals surface area contributed by atoms with E-state index in [0.29, 0.717) is 17.7 Å². The molecular formula is C13H11F2NO4. The lowest BCUT2D eigenvalue weighted by molar-refractivity contribution is -0.0332. The van der Waals surface area contributed by atoms with E-state index < -0.39 is 35.5 Å². The number of hydrogen-bond acceptors (Lipinski definition) is 3. The summed E-state index contributed by atoms with van der Waals surface area (Å²) in [5, 5.41) is 9.15. The number of halogens is 2. The van der Waals surface area contributed by atoms with E-state index >= 15 is 0 Å². The number of carbonyl (C=O) groups is 2. The first kappa shape index (κ1) is 12.8. The quantitative estimate of drug-likeness (QED) is 0.860. The van der Waals surface area contributed by atoms with Gasteiger partial charge in [-0.05, 0) is 37.0 Å². The first-order valence-electron chi connectivity index (χ1n) is 6.15. The zero-order valence-corrected chi connectivity index (χ0v) is 10.3. The number of carboxylic acid groups (broad SMARTS) is 1. The Kier molecular flexibility index (Phi) is 2.67. The third-order valence-electron chi connectivity index (χ3n) is 3.91. The highest BCUT2D eigenvalue weighted by molar-refractivity contribution is 5.89. The number of ether oxygens (including phenoxy) is 1. The molecule has 1 aromatic carbocycles. The highest BCUT2D eigenvalue weighted by atomic mass is 19.2. The normalized spacial score (nSPS) is 23.6. The second kappa shape index (κ2) is 4.16. The van der Waals surface area contributed by atoms with Crippen LogP contribution in [0, 0.1) is 11.6 Å². The Morgan fingerprint density at radius 2 is 2.05 bits per heavy atom. The molecule has 2 aliphatic rings. The summed E-state index contributed by atoms with van der Waals surface area (Å²) in [7, 11) is 0. The lowest BCUT2D eigenvalue weighted by atomic mass is 9.72.